The summed E-state index contributed by atoms with van der Waals surface area (Å²) in [5.74, 6) is 1.61. The molecule has 0 bridgehead atoms. The largest absolute Gasteiger partial charge is 0.494 e. The molecule has 0 aliphatic heterocycles. The molecule has 0 saturated heterocycles. The first-order valence-corrected chi connectivity index (χ1v) is 6.48. The topological polar surface area (TPSA) is 35.2 Å². The molecular formula is C12H19Cl2NOS. The molecule has 98 valence electrons. The van der Waals surface area contributed by atoms with Crippen LogP contribution >= 0.6 is 36.6 Å². The van der Waals surface area contributed by atoms with Crippen LogP contribution in [0.5, 0.6) is 5.75 Å². The zero-order valence-corrected chi connectivity index (χ0v) is 12.1. The standard InChI is InChI=1S/C12H18ClNOS.ClH/c13-10-4-6-12(7-5-10)15-8-2-1-3-11(14)9-16;/h4-7,11,16H,1-3,8-9,14H2;1H/t11-;/m0./s1. The maximum Gasteiger partial charge on any atom is 0.119 e. The monoisotopic (exact) mass is 295 g/mol. The van der Waals surface area contributed by atoms with Crippen LogP contribution < -0.4 is 10.5 Å². The Balaban J connectivity index is 0.00000256. The van der Waals surface area contributed by atoms with Crippen molar-refractivity contribution < 1.29 is 4.74 Å². The highest BCUT2D eigenvalue weighted by Crippen LogP contribution is 2.15. The van der Waals surface area contributed by atoms with Crippen LogP contribution in [0.3, 0.4) is 0 Å². The fourth-order valence-electron chi connectivity index (χ4n) is 1.32. The third-order valence-electron chi connectivity index (χ3n) is 2.29. The van der Waals surface area contributed by atoms with E-state index in [1.165, 1.54) is 0 Å². The first-order chi connectivity index (χ1) is 7.72. The highest BCUT2D eigenvalue weighted by atomic mass is 35.5. The van der Waals surface area contributed by atoms with Crippen LogP contribution in [0.15, 0.2) is 24.3 Å². The highest BCUT2D eigenvalue weighted by Gasteiger charge is 1.99. The van der Waals surface area contributed by atoms with Crippen LogP contribution in [0.4, 0.5) is 0 Å². The van der Waals surface area contributed by atoms with Gasteiger partial charge in [0.05, 0.1) is 6.61 Å². The van der Waals surface area contributed by atoms with Crippen LogP contribution in [0.1, 0.15) is 19.3 Å². The normalized spacial score (nSPS) is 11.7. The van der Waals surface area contributed by atoms with Gasteiger partial charge < -0.3 is 10.5 Å². The summed E-state index contributed by atoms with van der Waals surface area (Å²) in [5.41, 5.74) is 5.75. The van der Waals surface area contributed by atoms with E-state index in [1.807, 2.05) is 24.3 Å². The Kier molecular flexibility index (Phi) is 9.84. The maximum atomic E-state index is 5.77. The molecule has 0 amide bonds. The molecule has 0 aliphatic carbocycles. The van der Waals surface area contributed by atoms with Gasteiger partial charge in [-0.15, -0.1) is 12.4 Å². The third kappa shape index (κ3) is 7.77. The predicted octanol–water partition coefficient (Wildman–Crippen LogP) is 3.57. The van der Waals surface area contributed by atoms with Crippen molar-refractivity contribution >= 4 is 36.6 Å². The Labute approximate surface area is 120 Å². The maximum absolute atomic E-state index is 5.77. The van der Waals surface area contributed by atoms with Gasteiger partial charge in [0.1, 0.15) is 5.75 Å². The fourth-order valence-corrected chi connectivity index (χ4v) is 1.63. The number of benzene rings is 1. The molecule has 0 spiro atoms. The van der Waals surface area contributed by atoms with Gasteiger partial charge in [0, 0.05) is 16.8 Å². The molecule has 1 rings (SSSR count). The first kappa shape index (κ1) is 16.9. The van der Waals surface area contributed by atoms with Gasteiger partial charge in [-0.05, 0) is 43.5 Å². The smallest absolute Gasteiger partial charge is 0.119 e. The van der Waals surface area contributed by atoms with Gasteiger partial charge >= 0.3 is 0 Å². The number of unbranched alkanes of at least 4 members (excludes halogenated alkanes) is 1. The van der Waals surface area contributed by atoms with E-state index >= 15 is 0 Å². The Morgan fingerprint density at radius 3 is 2.47 bits per heavy atom. The lowest BCUT2D eigenvalue weighted by Gasteiger charge is -2.08. The number of thiol groups is 1. The molecule has 0 saturated carbocycles. The Hall–Kier alpha value is -0.0900. The molecule has 1 aromatic rings. The first-order valence-electron chi connectivity index (χ1n) is 5.47. The second kappa shape index (κ2) is 9.89. The summed E-state index contributed by atoms with van der Waals surface area (Å²) in [6.07, 6.45) is 3.10. The van der Waals surface area contributed by atoms with E-state index in [0.29, 0.717) is 0 Å². The van der Waals surface area contributed by atoms with E-state index in [9.17, 15) is 0 Å². The van der Waals surface area contributed by atoms with Gasteiger partial charge in [-0.2, -0.15) is 12.6 Å². The summed E-state index contributed by atoms with van der Waals surface area (Å²) in [7, 11) is 0. The quantitative estimate of drug-likeness (QED) is 0.596. The minimum atomic E-state index is 0. The Morgan fingerprint density at radius 2 is 1.88 bits per heavy atom. The van der Waals surface area contributed by atoms with E-state index in [0.717, 1.165) is 42.4 Å². The summed E-state index contributed by atoms with van der Waals surface area (Å²) in [6.45, 7) is 0.723. The molecule has 2 N–H and O–H groups in total. The summed E-state index contributed by atoms with van der Waals surface area (Å²) in [4.78, 5) is 0. The van der Waals surface area contributed by atoms with Gasteiger partial charge in [-0.25, -0.2) is 0 Å². The highest BCUT2D eigenvalue weighted by molar-refractivity contribution is 7.80. The van der Waals surface area contributed by atoms with Gasteiger partial charge in [0.25, 0.3) is 0 Å². The van der Waals surface area contributed by atoms with Gasteiger partial charge in [-0.3, -0.25) is 0 Å². The van der Waals surface area contributed by atoms with Crippen molar-refractivity contribution in [1.29, 1.82) is 0 Å². The van der Waals surface area contributed by atoms with E-state index in [-0.39, 0.29) is 18.4 Å². The van der Waals surface area contributed by atoms with Crippen molar-refractivity contribution in [3.63, 3.8) is 0 Å². The zero-order valence-electron chi connectivity index (χ0n) is 9.64. The molecule has 0 fully saturated rings. The summed E-state index contributed by atoms with van der Waals surface area (Å²) in [5, 5.41) is 0.729. The van der Waals surface area contributed by atoms with Crippen LogP contribution in [0.25, 0.3) is 0 Å². The minimum absolute atomic E-state index is 0. The number of ether oxygens (including phenoxy) is 1. The Bertz CT molecular complexity index is 295. The Morgan fingerprint density at radius 1 is 1.24 bits per heavy atom. The molecule has 0 aliphatic rings. The van der Waals surface area contributed by atoms with Crippen LogP contribution in [-0.4, -0.2) is 18.4 Å². The van der Waals surface area contributed by atoms with E-state index < -0.39 is 0 Å². The molecule has 5 heteroatoms. The fraction of sp³-hybridized carbons (Fsp3) is 0.500. The van der Waals surface area contributed by atoms with Gasteiger partial charge in [-0.1, -0.05) is 11.6 Å². The minimum Gasteiger partial charge on any atom is -0.494 e. The lowest BCUT2D eigenvalue weighted by Crippen LogP contribution is -2.21. The summed E-state index contributed by atoms with van der Waals surface area (Å²) < 4.78 is 5.56. The zero-order chi connectivity index (χ0) is 11.8. The molecular weight excluding hydrogens is 277 g/mol. The SMILES string of the molecule is Cl.N[C@H](CS)CCCCOc1ccc(Cl)cc1. The lowest BCUT2D eigenvalue weighted by atomic mass is 10.1. The van der Waals surface area contributed by atoms with Crippen molar-refractivity contribution in [3.05, 3.63) is 29.3 Å². The van der Waals surface area contributed by atoms with E-state index in [4.69, 9.17) is 22.1 Å². The molecule has 0 heterocycles. The summed E-state index contributed by atoms with van der Waals surface area (Å²) in [6, 6.07) is 7.62. The van der Waals surface area contributed by atoms with Crippen LogP contribution in [0, 0.1) is 0 Å². The van der Waals surface area contributed by atoms with Crippen molar-refractivity contribution in [2.45, 2.75) is 25.3 Å². The lowest BCUT2D eigenvalue weighted by molar-refractivity contribution is 0.304. The molecule has 0 unspecified atom stereocenters. The van der Waals surface area contributed by atoms with Crippen molar-refractivity contribution in [2.24, 2.45) is 5.73 Å². The number of hydrogen-bond acceptors (Lipinski definition) is 3. The molecule has 2 nitrogen and oxygen atoms in total. The number of halogens is 2. The van der Waals surface area contributed by atoms with Gasteiger partial charge in [0.2, 0.25) is 0 Å². The molecule has 1 atom stereocenters. The van der Waals surface area contributed by atoms with Crippen molar-refractivity contribution in [1.82, 2.24) is 0 Å². The molecule has 0 radical (unpaired) electrons. The molecule has 0 aromatic heterocycles. The second-order valence-corrected chi connectivity index (χ2v) is 4.54. The summed E-state index contributed by atoms with van der Waals surface area (Å²) >= 11 is 9.91. The number of rotatable bonds is 7. The van der Waals surface area contributed by atoms with E-state index in [1.54, 1.807) is 0 Å². The molecule has 17 heavy (non-hydrogen) atoms. The second-order valence-electron chi connectivity index (χ2n) is 3.74. The molecule has 1 aromatic carbocycles. The number of hydrogen-bond donors (Lipinski definition) is 2. The third-order valence-corrected chi connectivity index (χ3v) is 3.01. The average molecular weight is 296 g/mol. The van der Waals surface area contributed by atoms with Gasteiger partial charge in [0.15, 0.2) is 0 Å². The van der Waals surface area contributed by atoms with Crippen molar-refractivity contribution in [2.75, 3.05) is 12.4 Å². The van der Waals surface area contributed by atoms with Crippen LogP contribution in [0.2, 0.25) is 5.02 Å². The number of nitrogens with two attached hydrogens (primary N) is 1. The van der Waals surface area contributed by atoms with Crippen molar-refractivity contribution in [3.8, 4) is 5.75 Å². The predicted molar refractivity (Wildman–Crippen MR) is 79.9 cm³/mol. The average Bonchev–Trinajstić information content (AvgIpc) is 2.31. The van der Waals surface area contributed by atoms with E-state index in [2.05, 4.69) is 12.6 Å². The van der Waals surface area contributed by atoms with Crippen LogP contribution in [-0.2, 0) is 0 Å².